The fourth-order valence-electron chi connectivity index (χ4n) is 2.12. The van der Waals surface area contributed by atoms with Gasteiger partial charge in [0.1, 0.15) is 4.90 Å². The van der Waals surface area contributed by atoms with Gasteiger partial charge in [-0.2, -0.15) is 4.31 Å². The minimum absolute atomic E-state index is 0.302. The molecule has 1 aromatic carbocycles. The number of rotatable bonds is 6. The van der Waals surface area contributed by atoms with E-state index in [2.05, 4.69) is 0 Å². The lowest BCUT2D eigenvalue weighted by molar-refractivity contribution is -0.385. The van der Waals surface area contributed by atoms with Gasteiger partial charge < -0.3 is 5.73 Å². The van der Waals surface area contributed by atoms with Crippen molar-refractivity contribution >= 4 is 21.4 Å². The van der Waals surface area contributed by atoms with Crippen LogP contribution in [0.25, 0.3) is 0 Å². The van der Waals surface area contributed by atoms with E-state index in [1.54, 1.807) is 0 Å². The number of hydrogen-bond acceptors (Lipinski definition) is 5. The molecule has 0 spiro atoms. The number of halogens is 1. The van der Waals surface area contributed by atoms with Crippen molar-refractivity contribution in [3.8, 4) is 0 Å². The average molecular weight is 319 g/mol. The summed E-state index contributed by atoms with van der Waals surface area (Å²) in [6, 6.07) is 1.10. The van der Waals surface area contributed by atoms with Gasteiger partial charge in [0.25, 0.3) is 5.69 Å². The molecule has 21 heavy (non-hydrogen) atoms. The predicted octanol–water partition coefficient (Wildman–Crippen LogP) is 2.13. The Hall–Kier alpha value is -1.74. The SMILES string of the molecule is CCC(CC)N(C)S(=O)(=O)c1c(N)cc([N+](=O)[O-])cc1F. The maximum absolute atomic E-state index is 14.0. The summed E-state index contributed by atoms with van der Waals surface area (Å²) in [5, 5.41) is 10.6. The summed E-state index contributed by atoms with van der Waals surface area (Å²) in [6.45, 7) is 3.63. The van der Waals surface area contributed by atoms with Crippen LogP contribution >= 0.6 is 0 Å². The van der Waals surface area contributed by atoms with E-state index >= 15 is 0 Å². The number of nitro benzene ring substituents is 1. The highest BCUT2D eigenvalue weighted by Gasteiger charge is 2.32. The standard InChI is InChI=1S/C12H18FN3O4S/c1-4-8(5-2)15(3)21(19,20)12-10(13)6-9(16(17)18)7-11(12)14/h6-8H,4-5,14H2,1-3H3. The van der Waals surface area contributed by atoms with Crippen molar-refractivity contribution in [1.82, 2.24) is 4.31 Å². The second-order valence-electron chi connectivity index (χ2n) is 4.59. The molecule has 0 atom stereocenters. The average Bonchev–Trinajstić information content (AvgIpc) is 2.38. The molecule has 0 aliphatic heterocycles. The molecule has 9 heteroatoms. The molecule has 1 aromatic rings. The summed E-state index contributed by atoms with van der Waals surface area (Å²) in [7, 11) is -2.81. The Morgan fingerprint density at radius 2 is 1.90 bits per heavy atom. The monoisotopic (exact) mass is 319 g/mol. The number of nitrogen functional groups attached to an aromatic ring is 1. The summed E-state index contributed by atoms with van der Waals surface area (Å²) in [5.41, 5.74) is 4.46. The highest BCUT2D eigenvalue weighted by Crippen LogP contribution is 2.30. The third kappa shape index (κ3) is 3.30. The normalized spacial score (nSPS) is 12.1. The third-order valence-electron chi connectivity index (χ3n) is 3.36. The van der Waals surface area contributed by atoms with Gasteiger partial charge in [0.05, 0.1) is 16.7 Å². The van der Waals surface area contributed by atoms with Crippen LogP contribution in [0.3, 0.4) is 0 Å². The van der Waals surface area contributed by atoms with Crippen molar-refractivity contribution in [3.05, 3.63) is 28.1 Å². The Labute approximate surface area is 122 Å². The number of anilines is 1. The highest BCUT2D eigenvalue weighted by molar-refractivity contribution is 7.89. The maximum atomic E-state index is 14.0. The van der Waals surface area contributed by atoms with Crippen molar-refractivity contribution in [2.24, 2.45) is 0 Å². The molecule has 0 saturated carbocycles. The number of sulfonamides is 1. The largest absolute Gasteiger partial charge is 0.397 e. The summed E-state index contributed by atoms with van der Waals surface area (Å²) < 4.78 is 40.0. The number of nitrogens with zero attached hydrogens (tertiary/aromatic N) is 2. The van der Waals surface area contributed by atoms with Gasteiger partial charge in [0.15, 0.2) is 5.82 Å². The first-order valence-electron chi connectivity index (χ1n) is 6.38. The number of hydrogen-bond donors (Lipinski definition) is 1. The Bertz CT molecular complexity index is 621. The summed E-state index contributed by atoms with van der Waals surface area (Å²) in [5.74, 6) is -1.22. The van der Waals surface area contributed by atoms with Crippen LogP contribution in [0.15, 0.2) is 17.0 Å². The molecule has 0 heterocycles. The van der Waals surface area contributed by atoms with E-state index in [1.807, 2.05) is 13.8 Å². The quantitative estimate of drug-likeness (QED) is 0.491. The van der Waals surface area contributed by atoms with Crippen molar-refractivity contribution in [3.63, 3.8) is 0 Å². The molecular weight excluding hydrogens is 301 g/mol. The third-order valence-corrected chi connectivity index (χ3v) is 5.36. The molecule has 7 nitrogen and oxygen atoms in total. The molecule has 118 valence electrons. The lowest BCUT2D eigenvalue weighted by atomic mass is 10.2. The van der Waals surface area contributed by atoms with Crippen LogP contribution in [0, 0.1) is 15.9 Å². The lowest BCUT2D eigenvalue weighted by Gasteiger charge is -2.26. The molecule has 0 aliphatic carbocycles. The maximum Gasteiger partial charge on any atom is 0.274 e. The van der Waals surface area contributed by atoms with Gasteiger partial charge in [-0.05, 0) is 12.8 Å². The molecule has 0 bridgehead atoms. The van der Waals surface area contributed by atoms with Gasteiger partial charge in [-0.15, -0.1) is 0 Å². The molecule has 0 amide bonds. The van der Waals surface area contributed by atoms with E-state index in [0.717, 1.165) is 10.4 Å². The zero-order chi connectivity index (χ0) is 16.4. The topological polar surface area (TPSA) is 107 Å². The summed E-state index contributed by atoms with van der Waals surface area (Å²) in [4.78, 5) is 9.07. The molecule has 0 radical (unpaired) electrons. The van der Waals surface area contributed by atoms with E-state index in [9.17, 15) is 22.9 Å². The molecule has 1 rings (SSSR count). The van der Waals surface area contributed by atoms with Crippen LogP contribution in [-0.4, -0.2) is 30.7 Å². The molecule has 0 fully saturated rings. The van der Waals surface area contributed by atoms with E-state index < -0.39 is 37.0 Å². The molecular formula is C12H18FN3O4S. The first-order chi connectivity index (χ1) is 9.66. The first-order valence-corrected chi connectivity index (χ1v) is 7.82. The number of benzene rings is 1. The molecule has 0 aliphatic rings. The second kappa shape index (κ2) is 6.35. The van der Waals surface area contributed by atoms with Crippen molar-refractivity contribution < 1.29 is 17.7 Å². The number of nitro groups is 1. The Morgan fingerprint density at radius 1 is 1.38 bits per heavy atom. The van der Waals surface area contributed by atoms with Gasteiger partial charge in [-0.1, -0.05) is 13.8 Å². The van der Waals surface area contributed by atoms with Crippen molar-refractivity contribution in [2.75, 3.05) is 12.8 Å². The van der Waals surface area contributed by atoms with Crippen LogP contribution < -0.4 is 5.73 Å². The van der Waals surface area contributed by atoms with Gasteiger partial charge >= 0.3 is 0 Å². The van der Waals surface area contributed by atoms with Gasteiger partial charge in [0.2, 0.25) is 10.0 Å². The Morgan fingerprint density at radius 3 is 2.29 bits per heavy atom. The molecule has 2 N–H and O–H groups in total. The smallest absolute Gasteiger partial charge is 0.274 e. The van der Waals surface area contributed by atoms with Gasteiger partial charge in [0, 0.05) is 19.2 Å². The van der Waals surface area contributed by atoms with Crippen LogP contribution in [-0.2, 0) is 10.0 Å². The molecule has 0 aromatic heterocycles. The zero-order valence-electron chi connectivity index (χ0n) is 12.0. The van der Waals surface area contributed by atoms with Crippen LogP contribution in [0.2, 0.25) is 0 Å². The first kappa shape index (κ1) is 17.3. The fourth-order valence-corrected chi connectivity index (χ4v) is 3.76. The zero-order valence-corrected chi connectivity index (χ0v) is 12.9. The van der Waals surface area contributed by atoms with E-state index in [1.165, 1.54) is 7.05 Å². The fraction of sp³-hybridized carbons (Fsp3) is 0.500. The number of non-ortho nitro benzene ring substituents is 1. The minimum Gasteiger partial charge on any atom is -0.397 e. The van der Waals surface area contributed by atoms with Crippen molar-refractivity contribution in [2.45, 2.75) is 37.6 Å². The van der Waals surface area contributed by atoms with Gasteiger partial charge in [-0.25, -0.2) is 12.8 Å². The Balaban J connectivity index is 3.42. The van der Waals surface area contributed by atoms with E-state index in [0.29, 0.717) is 18.9 Å². The Kier molecular flexibility index (Phi) is 5.24. The minimum atomic E-state index is -4.16. The second-order valence-corrected chi connectivity index (χ2v) is 6.53. The molecule has 0 unspecified atom stereocenters. The number of nitrogens with two attached hydrogens (primary N) is 1. The highest BCUT2D eigenvalue weighted by atomic mass is 32.2. The van der Waals surface area contributed by atoms with Crippen molar-refractivity contribution in [1.29, 1.82) is 0 Å². The van der Waals surface area contributed by atoms with Crippen LogP contribution in [0.4, 0.5) is 15.8 Å². The van der Waals surface area contributed by atoms with Crippen LogP contribution in [0.1, 0.15) is 26.7 Å². The van der Waals surface area contributed by atoms with E-state index in [-0.39, 0.29) is 6.04 Å². The van der Waals surface area contributed by atoms with E-state index in [4.69, 9.17) is 5.73 Å². The van der Waals surface area contributed by atoms with Gasteiger partial charge in [-0.3, -0.25) is 10.1 Å². The summed E-state index contributed by atoms with van der Waals surface area (Å²) >= 11 is 0. The summed E-state index contributed by atoms with van der Waals surface area (Å²) in [6.07, 6.45) is 1.11. The lowest BCUT2D eigenvalue weighted by Crippen LogP contribution is -2.37. The van der Waals surface area contributed by atoms with Crippen LogP contribution in [0.5, 0.6) is 0 Å². The molecule has 0 saturated heterocycles. The predicted molar refractivity (Wildman–Crippen MR) is 76.8 cm³/mol.